The van der Waals surface area contributed by atoms with Crippen LogP contribution in [0, 0.1) is 0 Å². The number of ether oxygens (including phenoxy) is 1. The lowest BCUT2D eigenvalue weighted by molar-refractivity contribution is 0.0278. The second-order valence-electron chi connectivity index (χ2n) is 5.70. The number of nitrogens with one attached hydrogen (secondary N) is 1. The minimum Gasteiger partial charge on any atom is -0.454 e. The zero-order valence-electron chi connectivity index (χ0n) is 13.6. The normalized spacial score (nSPS) is 18.0. The van der Waals surface area contributed by atoms with Gasteiger partial charge in [-0.15, -0.1) is 0 Å². The molecule has 1 heterocycles. The van der Waals surface area contributed by atoms with Crippen molar-refractivity contribution in [3.8, 4) is 0 Å². The zero-order valence-corrected chi connectivity index (χ0v) is 14.4. The summed E-state index contributed by atoms with van der Waals surface area (Å²) in [6.07, 6.45) is -0.420. The van der Waals surface area contributed by atoms with Crippen molar-refractivity contribution < 1.29 is 22.7 Å². The van der Waals surface area contributed by atoms with E-state index in [-0.39, 0.29) is 28.5 Å². The minimum absolute atomic E-state index is 0.0692. The van der Waals surface area contributed by atoms with Crippen LogP contribution in [0.25, 0.3) is 0 Å². The molecule has 0 saturated carbocycles. The molecule has 0 radical (unpaired) electrons. The van der Waals surface area contributed by atoms with E-state index in [1.54, 1.807) is 36.4 Å². The number of hydrogen-bond acceptors (Lipinski definition) is 5. The van der Waals surface area contributed by atoms with E-state index in [0.29, 0.717) is 11.1 Å². The second kappa shape index (κ2) is 6.68. The lowest BCUT2D eigenvalue weighted by Crippen LogP contribution is -2.24. The number of rotatable bonds is 3. The van der Waals surface area contributed by atoms with Crippen LogP contribution in [0.3, 0.4) is 0 Å². The summed E-state index contributed by atoms with van der Waals surface area (Å²) in [5.74, 6) is -0.964. The van der Waals surface area contributed by atoms with Gasteiger partial charge < -0.3 is 10.1 Å². The van der Waals surface area contributed by atoms with Gasteiger partial charge in [-0.05, 0) is 24.3 Å². The fraction of sp³-hybridized carbons (Fsp3) is 0.222. The Hall–Kier alpha value is -2.67. The third kappa shape index (κ3) is 3.41. The number of hydrogen-bond donors (Lipinski definition) is 1. The van der Waals surface area contributed by atoms with Crippen LogP contribution in [0.5, 0.6) is 0 Å². The Labute approximate surface area is 145 Å². The third-order valence-corrected chi connectivity index (χ3v) is 5.90. The lowest BCUT2D eigenvalue weighted by Gasteiger charge is -2.25. The summed E-state index contributed by atoms with van der Waals surface area (Å²) in [5, 5.41) is 2.49. The number of carbonyl (C=O) groups excluding carboxylic acids is 2. The quantitative estimate of drug-likeness (QED) is 0.848. The highest BCUT2D eigenvalue weighted by atomic mass is 32.2. The van der Waals surface area contributed by atoms with E-state index in [1.165, 1.54) is 19.2 Å². The number of sulfone groups is 1. The van der Waals surface area contributed by atoms with Gasteiger partial charge in [0.1, 0.15) is 6.10 Å². The number of carbonyl (C=O) groups is 2. The van der Waals surface area contributed by atoms with Crippen LogP contribution in [0.1, 0.15) is 38.8 Å². The van der Waals surface area contributed by atoms with Gasteiger partial charge in [-0.3, -0.25) is 4.79 Å². The van der Waals surface area contributed by atoms with E-state index in [2.05, 4.69) is 5.32 Å². The highest BCUT2D eigenvalue weighted by molar-refractivity contribution is 7.91. The third-order valence-electron chi connectivity index (χ3n) is 4.09. The Morgan fingerprint density at radius 3 is 2.56 bits per heavy atom. The SMILES string of the molecule is CNC(=O)c1cccc(C(=O)O[C@@H]2CCS(=O)(=O)c3ccccc32)c1. The molecule has 1 atom stereocenters. The molecule has 0 aliphatic carbocycles. The van der Waals surface area contributed by atoms with Crippen molar-refractivity contribution >= 4 is 21.7 Å². The van der Waals surface area contributed by atoms with Crippen LogP contribution in [-0.4, -0.2) is 33.1 Å². The molecular weight excluding hydrogens is 342 g/mol. The van der Waals surface area contributed by atoms with E-state index in [0.717, 1.165) is 0 Å². The van der Waals surface area contributed by atoms with Crippen LogP contribution < -0.4 is 5.32 Å². The highest BCUT2D eigenvalue weighted by Gasteiger charge is 2.32. The molecule has 1 N–H and O–H groups in total. The second-order valence-corrected chi connectivity index (χ2v) is 7.78. The van der Waals surface area contributed by atoms with Gasteiger partial charge in [0, 0.05) is 24.6 Å². The summed E-state index contributed by atoms with van der Waals surface area (Å²) < 4.78 is 29.8. The highest BCUT2D eigenvalue weighted by Crippen LogP contribution is 2.34. The van der Waals surface area contributed by atoms with Gasteiger partial charge in [-0.2, -0.15) is 0 Å². The summed E-state index contributed by atoms with van der Waals surface area (Å²) in [6, 6.07) is 12.7. The average molecular weight is 359 g/mol. The molecule has 6 nitrogen and oxygen atoms in total. The Balaban J connectivity index is 1.86. The Kier molecular flexibility index (Phi) is 4.59. The molecule has 3 rings (SSSR count). The molecule has 0 unspecified atom stereocenters. The Morgan fingerprint density at radius 1 is 1.08 bits per heavy atom. The topological polar surface area (TPSA) is 89.5 Å². The molecule has 0 bridgehead atoms. The lowest BCUT2D eigenvalue weighted by atomic mass is 10.1. The van der Waals surface area contributed by atoms with Crippen molar-refractivity contribution in [3.05, 3.63) is 65.2 Å². The number of esters is 1. The summed E-state index contributed by atoms with van der Waals surface area (Å²) in [4.78, 5) is 24.3. The molecule has 1 aliphatic rings. The molecule has 1 aliphatic heterocycles. The maximum Gasteiger partial charge on any atom is 0.338 e. The standard InChI is InChI=1S/C18H17NO5S/c1-19-17(20)12-5-4-6-13(11-12)18(21)24-15-9-10-25(22,23)16-8-3-2-7-14(15)16/h2-8,11,15H,9-10H2,1H3,(H,19,20)/t15-/m1/s1. The first-order valence-electron chi connectivity index (χ1n) is 7.77. The van der Waals surface area contributed by atoms with Crippen molar-refractivity contribution in [2.24, 2.45) is 0 Å². The first-order valence-corrected chi connectivity index (χ1v) is 9.42. The van der Waals surface area contributed by atoms with E-state index in [9.17, 15) is 18.0 Å². The molecule has 130 valence electrons. The van der Waals surface area contributed by atoms with E-state index in [4.69, 9.17) is 4.74 Å². The summed E-state index contributed by atoms with van der Waals surface area (Å²) >= 11 is 0. The zero-order chi connectivity index (χ0) is 18.0. The van der Waals surface area contributed by atoms with Crippen LogP contribution in [0.4, 0.5) is 0 Å². The van der Waals surface area contributed by atoms with Crippen LogP contribution in [0.2, 0.25) is 0 Å². The van der Waals surface area contributed by atoms with Crippen LogP contribution >= 0.6 is 0 Å². The molecule has 2 aromatic rings. The van der Waals surface area contributed by atoms with E-state index in [1.807, 2.05) is 0 Å². The molecule has 0 spiro atoms. The molecule has 0 fully saturated rings. The Morgan fingerprint density at radius 2 is 1.80 bits per heavy atom. The largest absolute Gasteiger partial charge is 0.454 e. The van der Waals surface area contributed by atoms with Crippen molar-refractivity contribution in [1.82, 2.24) is 5.32 Å². The Bertz CT molecular complexity index is 936. The van der Waals surface area contributed by atoms with E-state index >= 15 is 0 Å². The predicted octanol–water partition coefficient (Wildman–Crippen LogP) is 2.12. The number of benzene rings is 2. The van der Waals surface area contributed by atoms with Gasteiger partial charge in [0.05, 0.1) is 16.2 Å². The molecule has 2 aromatic carbocycles. The van der Waals surface area contributed by atoms with Crippen LogP contribution in [-0.2, 0) is 14.6 Å². The monoisotopic (exact) mass is 359 g/mol. The molecule has 1 amide bonds. The van der Waals surface area contributed by atoms with Gasteiger partial charge in [0.25, 0.3) is 5.91 Å². The maximum atomic E-state index is 12.4. The summed E-state index contributed by atoms with van der Waals surface area (Å²) in [5.41, 5.74) is 1.08. The van der Waals surface area contributed by atoms with Gasteiger partial charge in [-0.25, -0.2) is 13.2 Å². The average Bonchev–Trinajstić information content (AvgIpc) is 2.63. The van der Waals surface area contributed by atoms with Gasteiger partial charge in [-0.1, -0.05) is 24.3 Å². The number of fused-ring (bicyclic) bond motifs is 1. The van der Waals surface area contributed by atoms with Gasteiger partial charge in [0.2, 0.25) is 0 Å². The minimum atomic E-state index is -3.34. The van der Waals surface area contributed by atoms with E-state index < -0.39 is 21.9 Å². The van der Waals surface area contributed by atoms with Gasteiger partial charge in [0.15, 0.2) is 9.84 Å². The maximum absolute atomic E-state index is 12.4. The number of amides is 1. The summed E-state index contributed by atoms with van der Waals surface area (Å²) in [6.45, 7) is 0. The predicted molar refractivity (Wildman–Crippen MR) is 91.1 cm³/mol. The van der Waals surface area contributed by atoms with Crippen molar-refractivity contribution in [1.29, 1.82) is 0 Å². The fourth-order valence-electron chi connectivity index (χ4n) is 2.81. The fourth-order valence-corrected chi connectivity index (χ4v) is 4.40. The summed E-state index contributed by atoms with van der Waals surface area (Å²) in [7, 11) is -1.83. The first kappa shape index (κ1) is 17.2. The molecule has 25 heavy (non-hydrogen) atoms. The van der Waals surface area contributed by atoms with Crippen LogP contribution in [0.15, 0.2) is 53.4 Å². The van der Waals surface area contributed by atoms with Gasteiger partial charge >= 0.3 is 5.97 Å². The first-order chi connectivity index (χ1) is 11.9. The molecule has 0 aromatic heterocycles. The van der Waals surface area contributed by atoms with Crippen molar-refractivity contribution in [3.63, 3.8) is 0 Å². The smallest absolute Gasteiger partial charge is 0.338 e. The molecule has 7 heteroatoms. The van der Waals surface area contributed by atoms with Crippen molar-refractivity contribution in [2.45, 2.75) is 17.4 Å². The van der Waals surface area contributed by atoms with Crippen molar-refractivity contribution in [2.75, 3.05) is 12.8 Å². The molecule has 0 saturated heterocycles. The molecular formula is C18H17NO5S.